The van der Waals surface area contributed by atoms with E-state index in [4.69, 9.17) is 14.2 Å². The van der Waals surface area contributed by atoms with Crippen LogP contribution in [0, 0.1) is 0 Å². The molecule has 0 spiro atoms. The molecule has 152 valence electrons. The van der Waals surface area contributed by atoms with E-state index in [-0.39, 0.29) is 23.6 Å². The molecule has 0 bridgehead atoms. The lowest BCUT2D eigenvalue weighted by Gasteiger charge is -2.29. The van der Waals surface area contributed by atoms with Crippen molar-refractivity contribution in [3.63, 3.8) is 0 Å². The maximum absolute atomic E-state index is 12.9. The molecule has 9 heteroatoms. The van der Waals surface area contributed by atoms with E-state index in [1.54, 1.807) is 25.1 Å². The van der Waals surface area contributed by atoms with Crippen molar-refractivity contribution in [3.8, 4) is 11.5 Å². The van der Waals surface area contributed by atoms with Gasteiger partial charge >= 0.3 is 11.7 Å². The number of rotatable bonds is 6. The fourth-order valence-electron chi connectivity index (χ4n) is 3.42. The number of para-hydroxylation sites is 1. The summed E-state index contributed by atoms with van der Waals surface area (Å²) in [7, 11) is 2.95. The third-order valence-corrected chi connectivity index (χ3v) is 4.57. The number of nitrogens with one attached hydrogen (secondary N) is 3. The highest BCUT2D eigenvalue weighted by molar-refractivity contribution is 5.94. The summed E-state index contributed by atoms with van der Waals surface area (Å²) in [5, 5.41) is 2.92. The van der Waals surface area contributed by atoms with E-state index < -0.39 is 23.1 Å². The first-order valence-corrected chi connectivity index (χ1v) is 8.76. The quantitative estimate of drug-likeness (QED) is 0.498. The Morgan fingerprint density at radius 1 is 1.21 bits per heavy atom. The number of allylic oxidation sites excluding steroid dienone is 1. The summed E-state index contributed by atoms with van der Waals surface area (Å²) in [6.45, 7) is 5.21. The summed E-state index contributed by atoms with van der Waals surface area (Å²) in [5.41, 5.74) is 0.0197. The van der Waals surface area contributed by atoms with Crippen molar-refractivity contribution >= 4 is 11.8 Å². The van der Waals surface area contributed by atoms with Crippen LogP contribution in [-0.4, -0.2) is 36.8 Å². The molecule has 3 N–H and O–H groups in total. The Bertz CT molecular complexity index is 1110. The van der Waals surface area contributed by atoms with Crippen molar-refractivity contribution in [2.24, 2.45) is 0 Å². The number of esters is 1. The smallest absolute Gasteiger partial charge is 0.337 e. The number of carbonyl (C=O) groups is 1. The van der Waals surface area contributed by atoms with E-state index in [2.05, 4.69) is 21.9 Å². The number of H-pyrrole nitrogens is 2. The lowest BCUT2D eigenvalue weighted by Crippen LogP contribution is -2.35. The predicted octanol–water partition coefficient (Wildman–Crippen LogP) is 1.64. The number of hydrogen-bond acceptors (Lipinski definition) is 7. The van der Waals surface area contributed by atoms with Crippen LogP contribution in [-0.2, 0) is 9.53 Å². The zero-order valence-corrected chi connectivity index (χ0v) is 16.3. The van der Waals surface area contributed by atoms with Crippen LogP contribution in [0.5, 0.6) is 11.5 Å². The number of fused-ring (bicyclic) bond motifs is 1. The summed E-state index contributed by atoms with van der Waals surface area (Å²) in [6.07, 6.45) is 1.45. The minimum absolute atomic E-state index is 0.00637. The number of hydrogen-bond donors (Lipinski definition) is 3. The van der Waals surface area contributed by atoms with Crippen LogP contribution in [0.15, 0.2) is 51.7 Å². The largest absolute Gasteiger partial charge is 0.493 e. The van der Waals surface area contributed by atoms with Gasteiger partial charge in [0.25, 0.3) is 5.56 Å². The highest BCUT2D eigenvalue weighted by Gasteiger charge is 2.38. The van der Waals surface area contributed by atoms with E-state index in [0.717, 1.165) is 0 Å². The number of aromatic nitrogens is 2. The second-order valence-electron chi connectivity index (χ2n) is 6.26. The van der Waals surface area contributed by atoms with Crippen molar-refractivity contribution in [2.75, 3.05) is 26.1 Å². The fourth-order valence-corrected chi connectivity index (χ4v) is 3.42. The third-order valence-electron chi connectivity index (χ3n) is 4.57. The van der Waals surface area contributed by atoms with Crippen LogP contribution < -0.4 is 26.0 Å². The normalized spacial score (nSPS) is 15.2. The van der Waals surface area contributed by atoms with Crippen molar-refractivity contribution in [2.45, 2.75) is 12.8 Å². The first kappa shape index (κ1) is 20.0. The van der Waals surface area contributed by atoms with Gasteiger partial charge < -0.3 is 19.5 Å². The summed E-state index contributed by atoms with van der Waals surface area (Å²) >= 11 is 0. The highest BCUT2D eigenvalue weighted by atomic mass is 16.5. The summed E-state index contributed by atoms with van der Waals surface area (Å²) in [6, 6.07) is 5.15. The first-order valence-electron chi connectivity index (χ1n) is 8.76. The van der Waals surface area contributed by atoms with Gasteiger partial charge in [-0.15, -0.1) is 0 Å². The van der Waals surface area contributed by atoms with Gasteiger partial charge in [0, 0.05) is 11.3 Å². The molecular formula is C20H21N3O6. The summed E-state index contributed by atoms with van der Waals surface area (Å²) < 4.78 is 16.1. The monoisotopic (exact) mass is 399 g/mol. The van der Waals surface area contributed by atoms with Gasteiger partial charge in [0.15, 0.2) is 11.5 Å². The van der Waals surface area contributed by atoms with Gasteiger partial charge in [-0.3, -0.25) is 14.8 Å². The van der Waals surface area contributed by atoms with Crippen LogP contribution in [0.4, 0.5) is 5.82 Å². The second-order valence-corrected chi connectivity index (χ2v) is 6.26. The van der Waals surface area contributed by atoms with Gasteiger partial charge in [-0.2, -0.15) is 0 Å². The average molecular weight is 399 g/mol. The Hall–Kier alpha value is -3.75. The lowest BCUT2D eigenvalue weighted by atomic mass is 9.81. The number of carbonyl (C=O) groups excluding carboxylic acids is 1. The molecule has 1 aliphatic rings. The number of methoxy groups -OCH3 is 2. The van der Waals surface area contributed by atoms with E-state index in [0.29, 0.717) is 22.8 Å². The van der Waals surface area contributed by atoms with Gasteiger partial charge in [-0.1, -0.05) is 24.8 Å². The Morgan fingerprint density at radius 2 is 1.97 bits per heavy atom. The molecule has 0 saturated heterocycles. The minimum atomic E-state index is -0.866. The Labute approximate surface area is 166 Å². The maximum atomic E-state index is 12.9. The van der Waals surface area contributed by atoms with Crippen molar-refractivity contribution in [3.05, 3.63) is 74.1 Å². The topological polar surface area (TPSA) is 123 Å². The summed E-state index contributed by atoms with van der Waals surface area (Å²) in [5.74, 6) is -0.496. The Balaban J connectivity index is 2.33. The molecule has 3 rings (SSSR count). The van der Waals surface area contributed by atoms with Crippen LogP contribution in [0.25, 0.3) is 0 Å². The van der Waals surface area contributed by atoms with Crippen LogP contribution in [0.3, 0.4) is 0 Å². The molecule has 29 heavy (non-hydrogen) atoms. The third kappa shape index (κ3) is 3.54. The minimum Gasteiger partial charge on any atom is -0.493 e. The molecular weight excluding hydrogens is 378 g/mol. The molecule has 1 aromatic heterocycles. The number of aromatic amines is 2. The molecule has 2 heterocycles. The molecule has 1 atom stereocenters. The Morgan fingerprint density at radius 3 is 2.62 bits per heavy atom. The van der Waals surface area contributed by atoms with E-state index >= 15 is 0 Å². The molecule has 1 unspecified atom stereocenters. The highest BCUT2D eigenvalue weighted by Crippen LogP contribution is 2.45. The molecule has 0 aliphatic carbocycles. The van der Waals surface area contributed by atoms with Gasteiger partial charge in [-0.05, 0) is 13.0 Å². The SMILES string of the molecule is C=CCOC(=O)C1=C(C)Nc2[nH]c(=O)[nH]c(=O)c2C1c1cccc(OC)c1OC. The predicted molar refractivity (Wildman–Crippen MR) is 107 cm³/mol. The molecule has 0 saturated carbocycles. The molecule has 0 amide bonds. The van der Waals surface area contributed by atoms with E-state index in [9.17, 15) is 14.4 Å². The van der Waals surface area contributed by atoms with Gasteiger partial charge in [0.2, 0.25) is 0 Å². The molecule has 0 radical (unpaired) electrons. The van der Waals surface area contributed by atoms with Gasteiger partial charge in [0.05, 0.1) is 31.3 Å². The van der Waals surface area contributed by atoms with Crippen molar-refractivity contribution in [1.29, 1.82) is 0 Å². The molecule has 0 fully saturated rings. The van der Waals surface area contributed by atoms with Crippen LogP contribution in [0.2, 0.25) is 0 Å². The van der Waals surface area contributed by atoms with E-state index in [1.165, 1.54) is 20.3 Å². The average Bonchev–Trinajstić information content (AvgIpc) is 2.69. The zero-order valence-electron chi connectivity index (χ0n) is 16.3. The van der Waals surface area contributed by atoms with Gasteiger partial charge in [0.1, 0.15) is 12.4 Å². The summed E-state index contributed by atoms with van der Waals surface area (Å²) in [4.78, 5) is 42.2. The second kappa shape index (κ2) is 8.09. The van der Waals surface area contributed by atoms with Crippen LogP contribution >= 0.6 is 0 Å². The van der Waals surface area contributed by atoms with Crippen molar-refractivity contribution < 1.29 is 19.0 Å². The molecule has 2 aromatic rings. The number of ether oxygens (including phenoxy) is 3. The fraction of sp³-hybridized carbons (Fsp3) is 0.250. The molecule has 1 aromatic carbocycles. The molecule has 9 nitrogen and oxygen atoms in total. The maximum Gasteiger partial charge on any atom is 0.337 e. The van der Waals surface area contributed by atoms with Crippen molar-refractivity contribution in [1.82, 2.24) is 9.97 Å². The zero-order chi connectivity index (χ0) is 21.1. The first-order chi connectivity index (χ1) is 13.9. The van der Waals surface area contributed by atoms with Gasteiger partial charge in [-0.25, -0.2) is 9.59 Å². The van der Waals surface area contributed by atoms with Crippen LogP contribution in [0.1, 0.15) is 24.0 Å². The Kier molecular flexibility index (Phi) is 5.58. The standard InChI is InChI=1S/C20H21N3O6/c1-5-9-29-19(25)13-10(2)21-17-15(18(24)23-20(26)22-17)14(13)11-7-6-8-12(27-3)16(11)28-4/h5-8,14H,1,9H2,2-4H3,(H3,21,22,23,24,26). The number of anilines is 1. The lowest BCUT2D eigenvalue weighted by molar-refractivity contribution is -0.138. The molecule has 1 aliphatic heterocycles. The number of benzene rings is 1. The van der Waals surface area contributed by atoms with E-state index in [1.807, 2.05) is 0 Å².